The zero-order chi connectivity index (χ0) is 17.2. The van der Waals surface area contributed by atoms with E-state index in [1.165, 1.54) is 12.1 Å². The van der Waals surface area contributed by atoms with E-state index in [0.29, 0.717) is 17.4 Å². The lowest BCUT2D eigenvalue weighted by atomic mass is 9.84. The summed E-state index contributed by atoms with van der Waals surface area (Å²) < 4.78 is 24.6. The van der Waals surface area contributed by atoms with Crippen molar-refractivity contribution >= 4 is 5.91 Å². The van der Waals surface area contributed by atoms with Crippen LogP contribution in [-0.2, 0) is 9.47 Å². The molecule has 0 N–H and O–H groups in total. The predicted molar refractivity (Wildman–Crippen MR) is 90.9 cm³/mol. The van der Waals surface area contributed by atoms with Crippen LogP contribution in [0, 0.1) is 17.7 Å². The number of rotatable bonds is 3. The summed E-state index contributed by atoms with van der Waals surface area (Å²) in [6, 6.07) is 5.83. The average molecular weight is 348 g/mol. The summed E-state index contributed by atoms with van der Waals surface area (Å²) in [5.74, 6) is 0.616. The highest BCUT2D eigenvalue weighted by Crippen LogP contribution is 2.35. The molecule has 0 radical (unpaired) electrons. The van der Waals surface area contributed by atoms with Gasteiger partial charge in [-0.05, 0) is 36.6 Å². The van der Waals surface area contributed by atoms with Crippen LogP contribution in [0.15, 0.2) is 24.3 Å². The Morgan fingerprint density at radius 2 is 1.92 bits per heavy atom. The number of hydrogen-bond donors (Lipinski definition) is 0. The molecular formula is C19H25FN2O3. The van der Waals surface area contributed by atoms with Crippen LogP contribution in [0.25, 0.3) is 0 Å². The Balaban J connectivity index is 1.40. The summed E-state index contributed by atoms with van der Waals surface area (Å²) in [6.45, 7) is 6.69. The van der Waals surface area contributed by atoms with E-state index in [0.717, 1.165) is 59.0 Å². The molecule has 3 fully saturated rings. The van der Waals surface area contributed by atoms with Crippen molar-refractivity contribution < 1.29 is 18.7 Å². The number of nitrogens with zero attached hydrogens (tertiary/aromatic N) is 2. The summed E-state index contributed by atoms with van der Waals surface area (Å²) in [5, 5.41) is 0. The van der Waals surface area contributed by atoms with Gasteiger partial charge in [-0.3, -0.25) is 9.69 Å². The zero-order valence-corrected chi connectivity index (χ0v) is 14.4. The lowest BCUT2D eigenvalue weighted by molar-refractivity contribution is -0.00403. The molecule has 3 aliphatic heterocycles. The molecule has 0 aromatic heterocycles. The van der Waals surface area contributed by atoms with E-state index in [4.69, 9.17) is 9.47 Å². The largest absolute Gasteiger partial charge is 0.379 e. The van der Waals surface area contributed by atoms with Crippen LogP contribution in [-0.4, -0.2) is 74.4 Å². The van der Waals surface area contributed by atoms with Crippen molar-refractivity contribution in [2.75, 3.05) is 52.5 Å². The smallest absolute Gasteiger partial charge is 0.253 e. The minimum absolute atomic E-state index is 0.00419. The first kappa shape index (κ1) is 16.9. The molecule has 3 aliphatic rings. The predicted octanol–water partition coefficient (Wildman–Crippen LogP) is 1.64. The Labute approximate surface area is 147 Å². The highest BCUT2D eigenvalue weighted by Gasteiger charge is 2.42. The van der Waals surface area contributed by atoms with Gasteiger partial charge in [-0.15, -0.1) is 0 Å². The molecule has 5 nitrogen and oxygen atoms in total. The second kappa shape index (κ2) is 7.40. The number of halogens is 1. The third-order valence-electron chi connectivity index (χ3n) is 5.73. The monoisotopic (exact) mass is 348 g/mol. The summed E-state index contributed by atoms with van der Waals surface area (Å²) in [6.07, 6.45) is 1.17. The van der Waals surface area contributed by atoms with Gasteiger partial charge in [-0.2, -0.15) is 0 Å². The van der Waals surface area contributed by atoms with Gasteiger partial charge in [0.05, 0.1) is 25.9 Å². The van der Waals surface area contributed by atoms with Crippen molar-refractivity contribution in [1.82, 2.24) is 9.80 Å². The number of piperidine rings is 1. The summed E-state index contributed by atoms with van der Waals surface area (Å²) in [4.78, 5) is 17.0. The van der Waals surface area contributed by atoms with E-state index in [1.807, 2.05) is 4.90 Å². The number of amides is 1. The van der Waals surface area contributed by atoms with Gasteiger partial charge < -0.3 is 14.4 Å². The van der Waals surface area contributed by atoms with Crippen LogP contribution in [0.2, 0.25) is 0 Å². The van der Waals surface area contributed by atoms with Gasteiger partial charge in [0.15, 0.2) is 0 Å². The van der Waals surface area contributed by atoms with Crippen LogP contribution in [0.5, 0.6) is 0 Å². The second-order valence-electron chi connectivity index (χ2n) is 7.26. The van der Waals surface area contributed by atoms with Crippen LogP contribution in [0.1, 0.15) is 16.8 Å². The molecule has 1 amide bonds. The van der Waals surface area contributed by atoms with Crippen molar-refractivity contribution in [3.63, 3.8) is 0 Å². The SMILES string of the molecule is O=C(c1ccc(F)cc1)N1CC[C@H]2CO[C@H](CN3CCOCC3)[C@H]2C1. The van der Waals surface area contributed by atoms with E-state index in [9.17, 15) is 9.18 Å². The van der Waals surface area contributed by atoms with Crippen LogP contribution in [0.4, 0.5) is 4.39 Å². The lowest BCUT2D eigenvalue weighted by Crippen LogP contribution is -2.48. The third-order valence-corrected chi connectivity index (χ3v) is 5.73. The number of likely N-dealkylation sites (tertiary alicyclic amines) is 1. The van der Waals surface area contributed by atoms with E-state index in [2.05, 4.69) is 4.90 Å². The van der Waals surface area contributed by atoms with E-state index in [-0.39, 0.29) is 17.8 Å². The second-order valence-corrected chi connectivity index (χ2v) is 7.26. The third kappa shape index (κ3) is 3.71. The summed E-state index contributed by atoms with van der Waals surface area (Å²) >= 11 is 0. The van der Waals surface area contributed by atoms with Gasteiger partial charge in [0, 0.05) is 44.2 Å². The summed E-state index contributed by atoms with van der Waals surface area (Å²) in [5.41, 5.74) is 0.559. The van der Waals surface area contributed by atoms with Gasteiger partial charge in [0.25, 0.3) is 5.91 Å². The molecule has 1 aromatic rings. The van der Waals surface area contributed by atoms with Gasteiger partial charge >= 0.3 is 0 Å². The lowest BCUT2D eigenvalue weighted by Gasteiger charge is -2.37. The molecule has 0 bridgehead atoms. The van der Waals surface area contributed by atoms with Crippen LogP contribution >= 0.6 is 0 Å². The average Bonchev–Trinajstić information content (AvgIpc) is 3.05. The first-order chi connectivity index (χ1) is 12.2. The standard InChI is InChI=1S/C19H25FN2O3/c20-16-3-1-14(2-4-16)19(23)22-6-5-15-13-25-18(17(15)11-22)12-21-7-9-24-10-8-21/h1-4,15,17-18H,5-13H2/t15-,17-,18+/m0/s1. The van der Waals surface area contributed by atoms with Crippen LogP contribution < -0.4 is 0 Å². The molecule has 0 aliphatic carbocycles. The van der Waals surface area contributed by atoms with Gasteiger partial charge in [-0.1, -0.05) is 0 Å². The van der Waals surface area contributed by atoms with Gasteiger partial charge in [-0.25, -0.2) is 4.39 Å². The number of fused-ring (bicyclic) bond motifs is 1. The number of benzene rings is 1. The Bertz CT molecular complexity index is 603. The van der Waals surface area contributed by atoms with E-state index < -0.39 is 0 Å². The maximum Gasteiger partial charge on any atom is 0.253 e. The molecule has 1 aromatic carbocycles. The maximum absolute atomic E-state index is 13.1. The quantitative estimate of drug-likeness (QED) is 0.833. The highest BCUT2D eigenvalue weighted by atomic mass is 19.1. The number of carbonyl (C=O) groups is 1. The zero-order valence-electron chi connectivity index (χ0n) is 14.4. The number of carbonyl (C=O) groups excluding carboxylic acids is 1. The molecule has 3 atom stereocenters. The number of morpholine rings is 1. The molecule has 0 spiro atoms. The fourth-order valence-electron chi connectivity index (χ4n) is 4.22. The molecular weight excluding hydrogens is 323 g/mol. The Morgan fingerprint density at radius 3 is 2.68 bits per heavy atom. The first-order valence-corrected chi connectivity index (χ1v) is 9.17. The van der Waals surface area contributed by atoms with Gasteiger partial charge in [0.1, 0.15) is 5.82 Å². The van der Waals surface area contributed by atoms with Crippen molar-refractivity contribution in [1.29, 1.82) is 0 Å². The van der Waals surface area contributed by atoms with E-state index in [1.54, 1.807) is 12.1 Å². The first-order valence-electron chi connectivity index (χ1n) is 9.17. The summed E-state index contributed by atoms with van der Waals surface area (Å²) in [7, 11) is 0. The fraction of sp³-hybridized carbons (Fsp3) is 0.632. The fourth-order valence-corrected chi connectivity index (χ4v) is 4.22. The topological polar surface area (TPSA) is 42.0 Å². The molecule has 25 heavy (non-hydrogen) atoms. The molecule has 6 heteroatoms. The van der Waals surface area contributed by atoms with Crippen molar-refractivity contribution in [2.24, 2.45) is 11.8 Å². The Hall–Kier alpha value is -1.50. The Morgan fingerprint density at radius 1 is 1.16 bits per heavy atom. The molecule has 0 unspecified atom stereocenters. The highest BCUT2D eigenvalue weighted by molar-refractivity contribution is 5.94. The van der Waals surface area contributed by atoms with Crippen LogP contribution in [0.3, 0.4) is 0 Å². The van der Waals surface area contributed by atoms with Crippen molar-refractivity contribution in [3.05, 3.63) is 35.6 Å². The normalized spacial score (nSPS) is 30.3. The molecule has 3 heterocycles. The molecule has 136 valence electrons. The maximum atomic E-state index is 13.1. The molecule has 3 saturated heterocycles. The molecule has 4 rings (SSSR count). The van der Waals surface area contributed by atoms with E-state index >= 15 is 0 Å². The number of hydrogen-bond acceptors (Lipinski definition) is 4. The molecule has 0 saturated carbocycles. The minimum Gasteiger partial charge on any atom is -0.379 e. The van der Waals surface area contributed by atoms with Crippen molar-refractivity contribution in [2.45, 2.75) is 12.5 Å². The van der Waals surface area contributed by atoms with Gasteiger partial charge in [0.2, 0.25) is 0 Å². The number of ether oxygens (including phenoxy) is 2. The Kier molecular flexibility index (Phi) is 5.01. The van der Waals surface area contributed by atoms with Crippen molar-refractivity contribution in [3.8, 4) is 0 Å². The minimum atomic E-state index is -0.315.